The lowest BCUT2D eigenvalue weighted by molar-refractivity contribution is 0.0859. The van der Waals surface area contributed by atoms with E-state index in [9.17, 15) is 4.79 Å². The first-order valence-corrected chi connectivity index (χ1v) is 5.28. The van der Waals surface area contributed by atoms with Gasteiger partial charge >= 0.3 is 0 Å². The molecule has 0 aliphatic carbocycles. The van der Waals surface area contributed by atoms with Gasteiger partial charge in [-0.25, -0.2) is 0 Å². The van der Waals surface area contributed by atoms with E-state index in [1.54, 1.807) is 12.3 Å². The third kappa shape index (κ3) is 2.83. The van der Waals surface area contributed by atoms with E-state index in [4.69, 9.17) is 4.74 Å². The third-order valence-corrected chi connectivity index (χ3v) is 2.62. The van der Waals surface area contributed by atoms with E-state index < -0.39 is 0 Å². The zero-order chi connectivity index (χ0) is 10.5. The monoisotopic (exact) mass is 206 g/mol. The van der Waals surface area contributed by atoms with Crippen LogP contribution >= 0.6 is 0 Å². The Morgan fingerprint density at radius 1 is 1.53 bits per heavy atom. The molecule has 0 radical (unpaired) electrons. The first-order valence-electron chi connectivity index (χ1n) is 5.28. The molecule has 0 N–H and O–H groups in total. The Bertz CT molecular complexity index is 321. The van der Waals surface area contributed by atoms with Gasteiger partial charge in [-0.3, -0.25) is 4.79 Å². The van der Waals surface area contributed by atoms with Crippen LogP contribution in [0.3, 0.4) is 0 Å². The minimum Gasteiger partial charge on any atom is -0.378 e. The van der Waals surface area contributed by atoms with Crippen LogP contribution in [-0.2, 0) is 4.74 Å². The van der Waals surface area contributed by atoms with E-state index in [-0.39, 0.29) is 11.9 Å². The first kappa shape index (κ1) is 10.2. The summed E-state index contributed by atoms with van der Waals surface area (Å²) in [7, 11) is 0. The highest BCUT2D eigenvalue weighted by Crippen LogP contribution is 2.17. The highest BCUT2D eigenvalue weighted by Gasteiger charge is 2.17. The van der Waals surface area contributed by atoms with Crippen LogP contribution in [0, 0.1) is 0 Å². The van der Waals surface area contributed by atoms with Crippen molar-refractivity contribution >= 4 is 5.78 Å². The second-order valence-electron chi connectivity index (χ2n) is 3.73. The van der Waals surface area contributed by atoms with Gasteiger partial charge in [-0.15, -0.1) is 0 Å². The van der Waals surface area contributed by atoms with Crippen molar-refractivity contribution in [3.05, 3.63) is 24.0 Å². The summed E-state index contributed by atoms with van der Waals surface area (Å²) >= 11 is 0. The fraction of sp³-hybridized carbons (Fsp3) is 0.545. The maximum atomic E-state index is 11.7. The summed E-state index contributed by atoms with van der Waals surface area (Å²) in [6.45, 7) is 0.843. The van der Waals surface area contributed by atoms with E-state index >= 15 is 0 Å². The second-order valence-corrected chi connectivity index (χ2v) is 3.73. The molecule has 1 aromatic heterocycles. The standard InChI is InChI=1S/C11H14N2O2/c14-11(9-5-6-12-13-8-9)4-3-10-2-1-7-15-10/h5-6,8,10H,1-4,7H2. The van der Waals surface area contributed by atoms with Crippen LogP contribution in [-0.4, -0.2) is 28.7 Å². The number of rotatable bonds is 4. The molecule has 0 saturated carbocycles. The normalized spacial score (nSPS) is 20.4. The molecule has 2 heterocycles. The summed E-state index contributed by atoms with van der Waals surface area (Å²) in [6, 6.07) is 1.70. The molecule has 4 heteroatoms. The molecule has 1 aliphatic heterocycles. The van der Waals surface area contributed by atoms with E-state index in [2.05, 4.69) is 10.2 Å². The number of hydrogen-bond donors (Lipinski definition) is 0. The lowest BCUT2D eigenvalue weighted by atomic mass is 10.1. The van der Waals surface area contributed by atoms with Crippen LogP contribution in [0.15, 0.2) is 18.5 Å². The molecule has 0 bridgehead atoms. The predicted molar refractivity (Wildman–Crippen MR) is 54.6 cm³/mol. The van der Waals surface area contributed by atoms with Crippen molar-refractivity contribution in [3.8, 4) is 0 Å². The minimum absolute atomic E-state index is 0.125. The molecule has 1 aromatic rings. The number of aromatic nitrogens is 2. The summed E-state index contributed by atoms with van der Waals surface area (Å²) in [6.07, 6.45) is 6.90. The van der Waals surface area contributed by atoms with Gasteiger partial charge < -0.3 is 4.74 Å². The number of carbonyl (C=O) groups is 1. The summed E-state index contributed by atoms with van der Waals surface area (Å²) in [5.41, 5.74) is 0.642. The average Bonchev–Trinajstić information content (AvgIpc) is 2.80. The fourth-order valence-corrected chi connectivity index (χ4v) is 1.76. The van der Waals surface area contributed by atoms with Crippen LogP contribution in [0.4, 0.5) is 0 Å². The maximum absolute atomic E-state index is 11.7. The van der Waals surface area contributed by atoms with Gasteiger partial charge in [-0.05, 0) is 25.3 Å². The summed E-state index contributed by atoms with van der Waals surface area (Å²) in [5.74, 6) is 0.125. The molecule has 0 aromatic carbocycles. The van der Waals surface area contributed by atoms with E-state index in [0.717, 1.165) is 25.9 Å². The molecule has 4 nitrogen and oxygen atoms in total. The van der Waals surface area contributed by atoms with Gasteiger partial charge in [-0.1, -0.05) is 0 Å². The topological polar surface area (TPSA) is 52.1 Å². The number of Topliss-reactive ketones (excluding diaryl/α,β-unsaturated/α-hetero) is 1. The summed E-state index contributed by atoms with van der Waals surface area (Å²) < 4.78 is 5.46. The molecule has 1 unspecified atom stereocenters. The Hall–Kier alpha value is -1.29. The zero-order valence-corrected chi connectivity index (χ0v) is 8.56. The highest BCUT2D eigenvalue weighted by atomic mass is 16.5. The van der Waals surface area contributed by atoms with Crippen LogP contribution in [0.2, 0.25) is 0 Å². The van der Waals surface area contributed by atoms with Gasteiger partial charge in [0.25, 0.3) is 0 Å². The smallest absolute Gasteiger partial charge is 0.164 e. The largest absolute Gasteiger partial charge is 0.378 e. The van der Waals surface area contributed by atoms with Crippen molar-refractivity contribution < 1.29 is 9.53 Å². The number of ketones is 1. The van der Waals surface area contributed by atoms with Crippen molar-refractivity contribution in [3.63, 3.8) is 0 Å². The van der Waals surface area contributed by atoms with Gasteiger partial charge in [0.05, 0.1) is 18.5 Å². The van der Waals surface area contributed by atoms with Crippen molar-refractivity contribution in [2.45, 2.75) is 31.8 Å². The van der Waals surface area contributed by atoms with E-state index in [1.807, 2.05) is 0 Å². The van der Waals surface area contributed by atoms with Gasteiger partial charge in [0.15, 0.2) is 5.78 Å². The summed E-state index contributed by atoms with van der Waals surface area (Å²) in [5, 5.41) is 7.32. The summed E-state index contributed by atoms with van der Waals surface area (Å²) in [4.78, 5) is 11.7. The van der Waals surface area contributed by atoms with E-state index in [1.165, 1.54) is 6.20 Å². The molecular weight excluding hydrogens is 192 g/mol. The highest BCUT2D eigenvalue weighted by molar-refractivity contribution is 5.95. The number of ether oxygens (including phenoxy) is 1. The Labute approximate surface area is 88.7 Å². The molecule has 80 valence electrons. The lowest BCUT2D eigenvalue weighted by Gasteiger charge is -2.07. The van der Waals surface area contributed by atoms with Crippen molar-refractivity contribution in [2.24, 2.45) is 0 Å². The second kappa shape index (κ2) is 4.98. The minimum atomic E-state index is 0.125. The predicted octanol–water partition coefficient (Wildman–Crippen LogP) is 1.62. The Morgan fingerprint density at radius 2 is 2.47 bits per heavy atom. The van der Waals surface area contributed by atoms with Gasteiger partial charge in [-0.2, -0.15) is 10.2 Å². The average molecular weight is 206 g/mol. The van der Waals surface area contributed by atoms with Crippen LogP contribution < -0.4 is 0 Å². The Morgan fingerprint density at radius 3 is 3.13 bits per heavy atom. The number of nitrogens with zero attached hydrogens (tertiary/aromatic N) is 2. The van der Waals surface area contributed by atoms with Crippen molar-refractivity contribution in [2.75, 3.05) is 6.61 Å². The Balaban J connectivity index is 1.82. The van der Waals surface area contributed by atoms with Crippen LogP contribution in [0.1, 0.15) is 36.0 Å². The first-order chi connectivity index (χ1) is 7.36. The number of carbonyl (C=O) groups excluding carboxylic acids is 1. The molecule has 1 saturated heterocycles. The zero-order valence-electron chi connectivity index (χ0n) is 8.56. The molecule has 1 fully saturated rings. The molecular formula is C11H14N2O2. The van der Waals surface area contributed by atoms with Gasteiger partial charge in [0, 0.05) is 18.6 Å². The SMILES string of the molecule is O=C(CCC1CCCO1)c1ccnnc1. The fourth-order valence-electron chi connectivity index (χ4n) is 1.76. The van der Waals surface area contributed by atoms with Gasteiger partial charge in [0.1, 0.15) is 0 Å². The molecule has 0 spiro atoms. The Kier molecular flexibility index (Phi) is 3.40. The van der Waals surface area contributed by atoms with Crippen LogP contribution in [0.25, 0.3) is 0 Å². The van der Waals surface area contributed by atoms with Crippen LogP contribution in [0.5, 0.6) is 0 Å². The van der Waals surface area contributed by atoms with Gasteiger partial charge in [0.2, 0.25) is 0 Å². The lowest BCUT2D eigenvalue weighted by Crippen LogP contribution is -2.09. The van der Waals surface area contributed by atoms with Crippen molar-refractivity contribution in [1.82, 2.24) is 10.2 Å². The quantitative estimate of drug-likeness (QED) is 0.702. The number of hydrogen-bond acceptors (Lipinski definition) is 4. The van der Waals surface area contributed by atoms with E-state index in [0.29, 0.717) is 12.0 Å². The third-order valence-electron chi connectivity index (χ3n) is 2.62. The molecule has 1 aliphatic rings. The maximum Gasteiger partial charge on any atom is 0.164 e. The van der Waals surface area contributed by atoms with Crippen molar-refractivity contribution in [1.29, 1.82) is 0 Å². The molecule has 0 amide bonds. The molecule has 15 heavy (non-hydrogen) atoms. The molecule has 2 rings (SSSR count). The molecule has 1 atom stereocenters.